The van der Waals surface area contributed by atoms with Gasteiger partial charge in [-0.1, -0.05) is 22.0 Å². The number of aromatic nitrogens is 3. The van der Waals surface area contributed by atoms with E-state index in [1.54, 1.807) is 32.2 Å². The molecule has 0 radical (unpaired) electrons. The van der Waals surface area contributed by atoms with Crippen LogP contribution in [0.1, 0.15) is 11.4 Å². The zero-order chi connectivity index (χ0) is 14.0. The van der Waals surface area contributed by atoms with Crippen molar-refractivity contribution in [1.29, 1.82) is 0 Å². The molecule has 1 aromatic heterocycles. The van der Waals surface area contributed by atoms with Crippen LogP contribution in [0, 0.1) is 6.92 Å². The molecule has 0 aliphatic carbocycles. The van der Waals surface area contributed by atoms with Gasteiger partial charge in [-0.3, -0.25) is 4.68 Å². The highest BCUT2D eigenvalue weighted by Crippen LogP contribution is 2.20. The van der Waals surface area contributed by atoms with Gasteiger partial charge in [-0.25, -0.2) is 18.1 Å². The number of nitrogens with one attached hydrogen (secondary N) is 1. The summed E-state index contributed by atoms with van der Waals surface area (Å²) in [6.07, 6.45) is 1.52. The Labute approximate surface area is 120 Å². The Hall–Kier alpha value is -1.25. The van der Waals surface area contributed by atoms with E-state index in [1.165, 1.54) is 11.0 Å². The van der Waals surface area contributed by atoms with E-state index in [9.17, 15) is 8.42 Å². The number of nitrogens with zero attached hydrogens (tertiary/aromatic N) is 3. The summed E-state index contributed by atoms with van der Waals surface area (Å²) in [5.41, 5.74) is 0.685. The van der Waals surface area contributed by atoms with Crippen molar-refractivity contribution >= 4 is 26.0 Å². The number of halogens is 1. The Morgan fingerprint density at radius 1 is 1.42 bits per heavy atom. The lowest BCUT2D eigenvalue weighted by Gasteiger charge is -2.08. The predicted octanol–water partition coefficient (Wildman–Crippen LogP) is 1.36. The Bertz CT molecular complexity index is 696. The van der Waals surface area contributed by atoms with E-state index >= 15 is 0 Å². The number of hydrogen-bond acceptors (Lipinski definition) is 4. The first kappa shape index (κ1) is 14.2. The van der Waals surface area contributed by atoms with E-state index in [2.05, 4.69) is 30.7 Å². The summed E-state index contributed by atoms with van der Waals surface area (Å²) in [7, 11) is -1.85. The van der Waals surface area contributed by atoms with Crippen LogP contribution in [0.2, 0.25) is 0 Å². The van der Waals surface area contributed by atoms with Gasteiger partial charge >= 0.3 is 0 Å². The normalized spacial score (nSPS) is 11.7. The standard InChI is InChI=1S/C11H13BrN4O2S/c1-8-3-4-9(12)5-10(8)19(17,18)14-6-11-13-7-16(2)15-11/h3-5,7,14H,6H2,1-2H3. The van der Waals surface area contributed by atoms with Crippen molar-refractivity contribution in [2.24, 2.45) is 7.05 Å². The van der Waals surface area contributed by atoms with E-state index in [0.717, 1.165) is 4.47 Å². The van der Waals surface area contributed by atoms with Crippen LogP contribution in [0.15, 0.2) is 33.9 Å². The van der Waals surface area contributed by atoms with E-state index in [0.29, 0.717) is 11.4 Å². The first-order valence-corrected chi connectivity index (χ1v) is 7.76. The molecule has 0 amide bonds. The van der Waals surface area contributed by atoms with Crippen LogP contribution in [0.4, 0.5) is 0 Å². The number of hydrogen-bond donors (Lipinski definition) is 1. The summed E-state index contributed by atoms with van der Waals surface area (Å²) in [5.74, 6) is 0.429. The van der Waals surface area contributed by atoms with Crippen LogP contribution in [0.5, 0.6) is 0 Å². The molecule has 102 valence electrons. The number of benzene rings is 1. The van der Waals surface area contributed by atoms with Crippen molar-refractivity contribution in [3.63, 3.8) is 0 Å². The molecule has 8 heteroatoms. The number of aryl methyl sites for hydroxylation is 2. The van der Waals surface area contributed by atoms with E-state index in [4.69, 9.17) is 0 Å². The fourth-order valence-corrected chi connectivity index (χ4v) is 3.33. The third kappa shape index (κ3) is 3.40. The van der Waals surface area contributed by atoms with Crippen LogP contribution in [-0.4, -0.2) is 23.2 Å². The van der Waals surface area contributed by atoms with Crippen molar-refractivity contribution in [2.45, 2.75) is 18.4 Å². The summed E-state index contributed by atoms with van der Waals surface area (Å²) >= 11 is 3.27. The molecule has 1 aromatic carbocycles. The van der Waals surface area contributed by atoms with E-state index in [1.807, 2.05) is 0 Å². The van der Waals surface area contributed by atoms with Crippen molar-refractivity contribution in [3.8, 4) is 0 Å². The highest BCUT2D eigenvalue weighted by molar-refractivity contribution is 9.10. The lowest BCUT2D eigenvalue weighted by Crippen LogP contribution is -2.24. The Morgan fingerprint density at radius 2 is 2.16 bits per heavy atom. The molecule has 6 nitrogen and oxygen atoms in total. The fraction of sp³-hybridized carbons (Fsp3) is 0.273. The van der Waals surface area contributed by atoms with Gasteiger partial charge < -0.3 is 0 Å². The molecular formula is C11H13BrN4O2S. The Balaban J connectivity index is 2.20. The predicted molar refractivity (Wildman–Crippen MR) is 73.9 cm³/mol. The smallest absolute Gasteiger partial charge is 0.241 e. The third-order valence-corrected chi connectivity index (χ3v) is 4.54. The van der Waals surface area contributed by atoms with Gasteiger partial charge in [0, 0.05) is 11.5 Å². The first-order chi connectivity index (χ1) is 8.88. The van der Waals surface area contributed by atoms with E-state index < -0.39 is 10.0 Å². The van der Waals surface area contributed by atoms with Crippen LogP contribution in [-0.2, 0) is 23.6 Å². The quantitative estimate of drug-likeness (QED) is 0.908. The lowest BCUT2D eigenvalue weighted by molar-refractivity contribution is 0.578. The van der Waals surface area contributed by atoms with E-state index in [-0.39, 0.29) is 11.4 Å². The average molecular weight is 345 g/mol. The number of sulfonamides is 1. The molecule has 2 aromatic rings. The minimum atomic E-state index is -3.57. The molecule has 0 aliphatic heterocycles. The molecule has 0 saturated heterocycles. The molecular weight excluding hydrogens is 332 g/mol. The van der Waals surface area contributed by atoms with Gasteiger partial charge in [0.2, 0.25) is 10.0 Å². The van der Waals surface area contributed by atoms with Crippen molar-refractivity contribution < 1.29 is 8.42 Å². The minimum Gasteiger partial charge on any atom is -0.256 e. The maximum atomic E-state index is 12.2. The van der Waals surface area contributed by atoms with Crippen LogP contribution < -0.4 is 4.72 Å². The maximum Gasteiger partial charge on any atom is 0.241 e. The molecule has 0 atom stereocenters. The van der Waals surface area contributed by atoms with Crippen LogP contribution in [0.25, 0.3) is 0 Å². The molecule has 0 fully saturated rings. The summed E-state index contributed by atoms with van der Waals surface area (Å²) in [5, 5.41) is 4.02. The van der Waals surface area contributed by atoms with Gasteiger partial charge in [-0.15, -0.1) is 0 Å². The summed E-state index contributed by atoms with van der Waals surface area (Å²) in [6, 6.07) is 5.12. The third-order valence-electron chi connectivity index (χ3n) is 2.51. The molecule has 0 bridgehead atoms. The summed E-state index contributed by atoms with van der Waals surface area (Å²) < 4.78 is 29.1. The van der Waals surface area contributed by atoms with Crippen LogP contribution >= 0.6 is 15.9 Å². The molecule has 2 rings (SSSR count). The molecule has 1 N–H and O–H groups in total. The van der Waals surface area contributed by atoms with Gasteiger partial charge in [0.1, 0.15) is 6.33 Å². The summed E-state index contributed by atoms with van der Waals surface area (Å²) in [6.45, 7) is 1.81. The van der Waals surface area contributed by atoms with Gasteiger partial charge in [-0.2, -0.15) is 5.10 Å². The minimum absolute atomic E-state index is 0.0646. The SMILES string of the molecule is Cc1ccc(Br)cc1S(=O)(=O)NCc1ncn(C)n1. The molecule has 0 saturated carbocycles. The fourth-order valence-electron chi connectivity index (χ4n) is 1.57. The molecule has 0 aliphatic rings. The van der Waals surface area contributed by atoms with Crippen molar-refractivity contribution in [2.75, 3.05) is 0 Å². The molecule has 19 heavy (non-hydrogen) atoms. The highest BCUT2D eigenvalue weighted by Gasteiger charge is 2.17. The zero-order valence-electron chi connectivity index (χ0n) is 10.5. The summed E-state index contributed by atoms with van der Waals surface area (Å²) in [4.78, 5) is 4.22. The monoisotopic (exact) mass is 344 g/mol. The average Bonchev–Trinajstić information content (AvgIpc) is 2.76. The van der Waals surface area contributed by atoms with Gasteiger partial charge in [0.25, 0.3) is 0 Å². The largest absolute Gasteiger partial charge is 0.256 e. The van der Waals surface area contributed by atoms with Crippen LogP contribution in [0.3, 0.4) is 0 Å². The molecule has 1 heterocycles. The Morgan fingerprint density at radius 3 is 2.79 bits per heavy atom. The maximum absolute atomic E-state index is 12.2. The second kappa shape index (κ2) is 5.40. The zero-order valence-corrected chi connectivity index (χ0v) is 12.9. The van der Waals surface area contributed by atoms with Gasteiger partial charge in [0.15, 0.2) is 5.82 Å². The second-order valence-corrected chi connectivity index (χ2v) is 6.72. The highest BCUT2D eigenvalue weighted by atomic mass is 79.9. The van der Waals surface area contributed by atoms with Crippen molar-refractivity contribution in [3.05, 3.63) is 40.4 Å². The first-order valence-electron chi connectivity index (χ1n) is 5.49. The molecule has 0 unspecified atom stereocenters. The topological polar surface area (TPSA) is 76.9 Å². The second-order valence-electron chi connectivity index (χ2n) is 4.07. The van der Waals surface area contributed by atoms with Crippen molar-refractivity contribution in [1.82, 2.24) is 19.5 Å². The lowest BCUT2D eigenvalue weighted by atomic mass is 10.2. The molecule has 0 spiro atoms. The van der Waals surface area contributed by atoms with Gasteiger partial charge in [0.05, 0.1) is 11.4 Å². The van der Waals surface area contributed by atoms with Gasteiger partial charge in [-0.05, 0) is 24.6 Å². The number of rotatable bonds is 4. The Kier molecular flexibility index (Phi) is 4.02.